The molecule has 0 unspecified atom stereocenters. The number of rotatable bonds is 6. The fraction of sp³-hybridized carbons (Fsp3) is 0.429. The number of hydrogen-bond donors (Lipinski definition) is 0. The van der Waals surface area contributed by atoms with Crippen molar-refractivity contribution >= 4 is 22.7 Å². The quantitative estimate of drug-likeness (QED) is 0.773. The molecule has 0 spiro atoms. The molecule has 0 saturated heterocycles. The molecule has 0 aliphatic heterocycles. The molecule has 0 aliphatic carbocycles. The Morgan fingerprint density at radius 3 is 2.94 bits per heavy atom. The molecule has 0 amide bonds. The van der Waals surface area contributed by atoms with E-state index in [-0.39, 0.29) is 0 Å². The molecule has 92 valence electrons. The lowest BCUT2D eigenvalue weighted by atomic mass is 10.2. The molecule has 3 heteroatoms. The van der Waals surface area contributed by atoms with Gasteiger partial charge in [-0.05, 0) is 30.9 Å². The molecule has 2 aromatic rings. The van der Waals surface area contributed by atoms with E-state index >= 15 is 0 Å². The average molecular weight is 249 g/mol. The number of aryl methyl sites for hydroxylation is 1. The van der Waals surface area contributed by atoms with Gasteiger partial charge in [-0.1, -0.05) is 13.0 Å². The van der Waals surface area contributed by atoms with Crippen LogP contribution in [0.3, 0.4) is 0 Å². The first-order chi connectivity index (χ1) is 8.36. The van der Waals surface area contributed by atoms with Crippen LogP contribution in [0.2, 0.25) is 0 Å². The minimum atomic E-state index is 0.787. The van der Waals surface area contributed by atoms with E-state index in [4.69, 9.17) is 4.74 Å². The summed E-state index contributed by atoms with van der Waals surface area (Å²) in [5.74, 6) is 2.15. The Labute approximate surface area is 107 Å². The number of ether oxygens (including phenoxy) is 1. The predicted octanol–water partition coefficient (Wildman–Crippen LogP) is 3.79. The molecule has 1 heterocycles. The summed E-state index contributed by atoms with van der Waals surface area (Å²) in [6, 6.07) is 8.44. The Hall–Kier alpha value is -1.09. The van der Waals surface area contributed by atoms with Crippen molar-refractivity contribution in [3.05, 3.63) is 30.5 Å². The van der Waals surface area contributed by atoms with Gasteiger partial charge in [0.25, 0.3) is 0 Å². The summed E-state index contributed by atoms with van der Waals surface area (Å²) in [6.45, 7) is 3.97. The summed E-state index contributed by atoms with van der Waals surface area (Å²) in [6.07, 6.45) is 5.34. The van der Waals surface area contributed by atoms with Gasteiger partial charge >= 0.3 is 0 Å². The normalized spacial score (nSPS) is 10.9. The molecule has 0 bridgehead atoms. The van der Waals surface area contributed by atoms with Crippen molar-refractivity contribution in [1.82, 2.24) is 4.57 Å². The van der Waals surface area contributed by atoms with E-state index in [0.29, 0.717) is 0 Å². The minimum Gasteiger partial charge on any atom is -0.493 e. The van der Waals surface area contributed by atoms with E-state index in [9.17, 15) is 0 Å². The lowest BCUT2D eigenvalue weighted by molar-refractivity contribution is 0.321. The van der Waals surface area contributed by atoms with Gasteiger partial charge in [0, 0.05) is 23.9 Å². The Kier molecular flexibility index (Phi) is 4.37. The molecule has 0 N–H and O–H groups in total. The lowest BCUT2D eigenvalue weighted by Gasteiger charge is -2.07. The van der Waals surface area contributed by atoms with Crippen LogP contribution in [0.4, 0.5) is 0 Å². The molecule has 0 saturated carbocycles. The predicted molar refractivity (Wildman–Crippen MR) is 76.1 cm³/mol. The summed E-state index contributed by atoms with van der Waals surface area (Å²) in [5, 5.41) is 1.22. The van der Waals surface area contributed by atoms with Crippen LogP contribution in [0.5, 0.6) is 5.75 Å². The first-order valence-corrected chi connectivity index (χ1v) is 7.45. The van der Waals surface area contributed by atoms with E-state index in [0.717, 1.165) is 31.1 Å². The topological polar surface area (TPSA) is 14.2 Å². The molecule has 0 radical (unpaired) electrons. The van der Waals surface area contributed by atoms with Crippen LogP contribution >= 0.6 is 11.8 Å². The second-order valence-electron chi connectivity index (χ2n) is 4.04. The van der Waals surface area contributed by atoms with Crippen LogP contribution in [0.25, 0.3) is 10.9 Å². The van der Waals surface area contributed by atoms with Gasteiger partial charge in [0.1, 0.15) is 5.75 Å². The first kappa shape index (κ1) is 12.4. The monoisotopic (exact) mass is 249 g/mol. The average Bonchev–Trinajstić information content (AvgIpc) is 2.77. The Bertz CT molecular complexity index is 478. The Morgan fingerprint density at radius 2 is 2.18 bits per heavy atom. The van der Waals surface area contributed by atoms with E-state index in [2.05, 4.69) is 48.2 Å². The molecule has 2 rings (SSSR count). The summed E-state index contributed by atoms with van der Waals surface area (Å²) in [5.41, 5.74) is 1.27. The van der Waals surface area contributed by atoms with Crippen molar-refractivity contribution in [1.29, 1.82) is 0 Å². The zero-order valence-electron chi connectivity index (χ0n) is 10.5. The molecule has 0 aliphatic rings. The van der Waals surface area contributed by atoms with Gasteiger partial charge in [-0.25, -0.2) is 0 Å². The summed E-state index contributed by atoms with van der Waals surface area (Å²) >= 11 is 1.87. The number of hydrogen-bond acceptors (Lipinski definition) is 2. The zero-order valence-corrected chi connectivity index (χ0v) is 11.3. The molecular weight excluding hydrogens is 230 g/mol. The van der Waals surface area contributed by atoms with Crippen LogP contribution in [-0.4, -0.2) is 23.2 Å². The molecule has 17 heavy (non-hydrogen) atoms. The van der Waals surface area contributed by atoms with Crippen molar-refractivity contribution in [3.63, 3.8) is 0 Å². The molecular formula is C14H19NOS. The van der Waals surface area contributed by atoms with E-state index in [1.807, 2.05) is 11.8 Å². The fourth-order valence-corrected chi connectivity index (χ4v) is 2.30. The van der Waals surface area contributed by atoms with Crippen molar-refractivity contribution in [2.75, 3.05) is 18.6 Å². The van der Waals surface area contributed by atoms with Crippen LogP contribution in [-0.2, 0) is 6.54 Å². The summed E-state index contributed by atoms with van der Waals surface area (Å²) in [4.78, 5) is 0. The van der Waals surface area contributed by atoms with Gasteiger partial charge in [-0.2, -0.15) is 11.8 Å². The maximum absolute atomic E-state index is 5.77. The van der Waals surface area contributed by atoms with Gasteiger partial charge in [0.05, 0.1) is 12.1 Å². The van der Waals surface area contributed by atoms with Gasteiger partial charge in [-0.3, -0.25) is 0 Å². The highest BCUT2D eigenvalue weighted by atomic mass is 32.2. The molecule has 0 fully saturated rings. The second kappa shape index (κ2) is 6.01. The van der Waals surface area contributed by atoms with Crippen LogP contribution in [0, 0.1) is 0 Å². The zero-order chi connectivity index (χ0) is 12.1. The first-order valence-electron chi connectivity index (χ1n) is 6.06. The third kappa shape index (κ3) is 2.78. The lowest BCUT2D eigenvalue weighted by Crippen LogP contribution is -1.99. The van der Waals surface area contributed by atoms with Crippen LogP contribution < -0.4 is 4.74 Å². The van der Waals surface area contributed by atoms with Crippen molar-refractivity contribution in [2.45, 2.75) is 19.9 Å². The van der Waals surface area contributed by atoms with E-state index in [1.54, 1.807) is 0 Å². The molecule has 1 aromatic heterocycles. The standard InChI is InChI=1S/C14H19NOS/c1-3-10-16-14-6-4-5-13-12(14)7-8-15(13)9-11-17-2/h4-8H,3,9-11H2,1-2H3. The van der Waals surface area contributed by atoms with Crippen molar-refractivity contribution in [3.8, 4) is 5.75 Å². The Balaban J connectivity index is 2.28. The third-order valence-electron chi connectivity index (χ3n) is 2.77. The Morgan fingerprint density at radius 1 is 1.29 bits per heavy atom. The maximum Gasteiger partial charge on any atom is 0.128 e. The number of fused-ring (bicyclic) bond motifs is 1. The van der Waals surface area contributed by atoms with Crippen LogP contribution in [0.1, 0.15) is 13.3 Å². The third-order valence-corrected chi connectivity index (χ3v) is 3.36. The van der Waals surface area contributed by atoms with Gasteiger partial charge in [0.2, 0.25) is 0 Å². The second-order valence-corrected chi connectivity index (χ2v) is 5.02. The van der Waals surface area contributed by atoms with E-state index in [1.165, 1.54) is 10.9 Å². The number of benzene rings is 1. The highest BCUT2D eigenvalue weighted by Gasteiger charge is 2.05. The molecule has 1 aromatic carbocycles. The minimum absolute atomic E-state index is 0.787. The van der Waals surface area contributed by atoms with E-state index < -0.39 is 0 Å². The van der Waals surface area contributed by atoms with Crippen molar-refractivity contribution < 1.29 is 4.74 Å². The highest BCUT2D eigenvalue weighted by molar-refractivity contribution is 7.98. The SMILES string of the molecule is CCCOc1cccc2c1ccn2CCSC. The summed E-state index contributed by atoms with van der Waals surface area (Å²) in [7, 11) is 0. The van der Waals surface area contributed by atoms with Crippen LogP contribution in [0.15, 0.2) is 30.5 Å². The van der Waals surface area contributed by atoms with Gasteiger partial charge in [-0.15, -0.1) is 0 Å². The highest BCUT2D eigenvalue weighted by Crippen LogP contribution is 2.26. The maximum atomic E-state index is 5.77. The smallest absolute Gasteiger partial charge is 0.128 e. The summed E-state index contributed by atoms with van der Waals surface area (Å²) < 4.78 is 8.06. The fourth-order valence-electron chi connectivity index (χ4n) is 1.92. The molecule has 2 nitrogen and oxygen atoms in total. The van der Waals surface area contributed by atoms with Crippen molar-refractivity contribution in [2.24, 2.45) is 0 Å². The largest absolute Gasteiger partial charge is 0.493 e. The number of nitrogens with zero attached hydrogens (tertiary/aromatic N) is 1. The molecule has 0 atom stereocenters. The number of thioether (sulfide) groups is 1. The van der Waals surface area contributed by atoms with Gasteiger partial charge < -0.3 is 9.30 Å². The van der Waals surface area contributed by atoms with Gasteiger partial charge in [0.15, 0.2) is 0 Å². The number of aromatic nitrogens is 1.